The Morgan fingerprint density at radius 3 is 2.97 bits per heavy atom. The lowest BCUT2D eigenvalue weighted by atomic mass is 9.93. The van der Waals surface area contributed by atoms with Gasteiger partial charge in [-0.3, -0.25) is 0 Å². The summed E-state index contributed by atoms with van der Waals surface area (Å²) in [6, 6.07) is 13.9. The van der Waals surface area contributed by atoms with E-state index < -0.39 is 0 Å². The molecule has 3 aliphatic rings. The highest BCUT2D eigenvalue weighted by Gasteiger charge is 2.29. The first-order chi connectivity index (χ1) is 16.6. The molecule has 1 saturated carbocycles. The van der Waals surface area contributed by atoms with Crippen molar-refractivity contribution in [3.05, 3.63) is 46.3 Å². The molecular weight excluding hydrogens is 448 g/mol. The average molecular weight is 478 g/mol. The summed E-state index contributed by atoms with van der Waals surface area (Å²) >= 11 is 1.66. The maximum absolute atomic E-state index is 10.3. The lowest BCUT2D eigenvalue weighted by Gasteiger charge is -2.28. The van der Waals surface area contributed by atoms with Gasteiger partial charge in [0.15, 0.2) is 11.7 Å². The fourth-order valence-electron chi connectivity index (χ4n) is 4.87. The van der Waals surface area contributed by atoms with Gasteiger partial charge in [-0.1, -0.05) is 30.2 Å². The molecular formula is C26H29N4O3S+. The van der Waals surface area contributed by atoms with E-state index in [0.29, 0.717) is 19.8 Å². The van der Waals surface area contributed by atoms with Crippen LogP contribution in [-0.2, 0) is 11.3 Å². The number of anilines is 2. The molecule has 1 aromatic heterocycles. The van der Waals surface area contributed by atoms with Gasteiger partial charge in [-0.2, -0.15) is 0 Å². The van der Waals surface area contributed by atoms with Crippen molar-refractivity contribution in [2.45, 2.75) is 57.4 Å². The van der Waals surface area contributed by atoms with Gasteiger partial charge >= 0.3 is 11.8 Å². The molecule has 2 aromatic carbocycles. The Morgan fingerprint density at radius 1 is 1.26 bits per heavy atom. The topological polar surface area (TPSA) is 71.2 Å². The van der Waals surface area contributed by atoms with Crippen LogP contribution in [0, 0.1) is 13.0 Å². The number of benzene rings is 2. The number of nitrogens with zero attached hydrogens (tertiary/aromatic N) is 3. The van der Waals surface area contributed by atoms with Crippen LogP contribution in [0.5, 0.6) is 5.75 Å². The fraction of sp³-hybridized carbons (Fsp3) is 0.462. The lowest BCUT2D eigenvalue weighted by Crippen LogP contribution is -2.38. The van der Waals surface area contributed by atoms with Gasteiger partial charge in [0.25, 0.3) is 0 Å². The largest absolute Gasteiger partial charge is 0.485 e. The van der Waals surface area contributed by atoms with Crippen molar-refractivity contribution in [3.63, 3.8) is 0 Å². The third-order valence-corrected chi connectivity index (χ3v) is 7.87. The van der Waals surface area contributed by atoms with Crippen molar-refractivity contribution in [1.82, 2.24) is 4.98 Å². The summed E-state index contributed by atoms with van der Waals surface area (Å²) < 4.78 is 12.4. The molecule has 1 saturated heterocycles. The molecule has 0 bridgehead atoms. The summed E-state index contributed by atoms with van der Waals surface area (Å²) in [6.07, 6.45) is 3.97. The van der Waals surface area contributed by atoms with Crippen molar-refractivity contribution in [2.24, 2.45) is 0 Å². The summed E-state index contributed by atoms with van der Waals surface area (Å²) in [7, 11) is 0. The molecule has 3 heterocycles. The maximum Gasteiger partial charge on any atom is 0.369 e. The van der Waals surface area contributed by atoms with Gasteiger partial charge in [0.1, 0.15) is 17.5 Å². The zero-order valence-electron chi connectivity index (χ0n) is 19.3. The lowest BCUT2D eigenvalue weighted by molar-refractivity contribution is -0.0798. The molecule has 2 atom stereocenters. The van der Waals surface area contributed by atoms with Gasteiger partial charge < -0.3 is 24.8 Å². The van der Waals surface area contributed by atoms with E-state index in [1.165, 1.54) is 5.56 Å². The summed E-state index contributed by atoms with van der Waals surface area (Å²) in [4.78, 5) is 11.6. The Hall–Kier alpha value is -2.86. The van der Waals surface area contributed by atoms with Crippen molar-refractivity contribution in [3.8, 4) is 11.8 Å². The Morgan fingerprint density at radius 2 is 2.15 bits per heavy atom. The van der Waals surface area contributed by atoms with Gasteiger partial charge in [-0.15, -0.1) is 0 Å². The molecule has 34 heavy (non-hydrogen) atoms. The molecule has 2 N–H and O–H groups in total. The molecule has 176 valence electrons. The van der Waals surface area contributed by atoms with E-state index in [4.69, 9.17) is 14.5 Å². The van der Waals surface area contributed by atoms with Crippen LogP contribution in [0.15, 0.2) is 30.3 Å². The summed E-state index contributed by atoms with van der Waals surface area (Å²) in [5, 5.41) is 14.7. The second kappa shape index (κ2) is 9.06. The van der Waals surface area contributed by atoms with Gasteiger partial charge in [0, 0.05) is 6.54 Å². The van der Waals surface area contributed by atoms with E-state index in [-0.39, 0.29) is 18.2 Å². The van der Waals surface area contributed by atoms with Gasteiger partial charge in [0.2, 0.25) is 0 Å². The number of aromatic nitrogens is 1. The molecule has 6 rings (SSSR count). The molecule has 2 fully saturated rings. The molecule has 0 spiro atoms. The molecule has 0 amide bonds. The molecule has 7 nitrogen and oxygen atoms in total. The van der Waals surface area contributed by atoms with E-state index in [9.17, 15) is 5.11 Å². The number of fused-ring (bicyclic) bond motifs is 2. The van der Waals surface area contributed by atoms with Crippen LogP contribution >= 0.6 is 11.3 Å². The van der Waals surface area contributed by atoms with E-state index >= 15 is 0 Å². The number of aliphatic hydroxyl groups is 1. The number of rotatable bonds is 6. The first-order valence-corrected chi connectivity index (χ1v) is 12.9. The Bertz CT molecular complexity index is 1280. The van der Waals surface area contributed by atoms with E-state index in [0.717, 1.165) is 70.3 Å². The number of aliphatic hydroxyl groups excluding tert-OH is 1. The first kappa shape index (κ1) is 21.7. The first-order valence-electron chi connectivity index (χ1n) is 12.0. The quantitative estimate of drug-likeness (QED) is 0.483. The molecule has 1 unspecified atom stereocenters. The zero-order valence-corrected chi connectivity index (χ0v) is 20.1. The van der Waals surface area contributed by atoms with Crippen LogP contribution < -0.4 is 15.0 Å². The molecule has 1 aliphatic carbocycles. The average Bonchev–Trinajstić information content (AvgIpc) is 3.21. The van der Waals surface area contributed by atoms with Crippen LogP contribution in [-0.4, -0.2) is 48.1 Å². The van der Waals surface area contributed by atoms with Crippen molar-refractivity contribution >= 4 is 38.1 Å². The second-order valence-electron chi connectivity index (χ2n) is 9.38. The van der Waals surface area contributed by atoms with Crippen molar-refractivity contribution in [2.75, 3.05) is 30.0 Å². The minimum atomic E-state index is -0.287. The van der Waals surface area contributed by atoms with Crippen LogP contribution in [0.4, 0.5) is 16.5 Å². The number of nitrogens with one attached hydrogen (secondary N) is 1. The summed E-state index contributed by atoms with van der Waals surface area (Å²) in [5.74, 6) is 0.869. The predicted octanol–water partition coefficient (Wildman–Crippen LogP) is 5.08. The Kier molecular flexibility index (Phi) is 5.77. The highest BCUT2D eigenvalue weighted by atomic mass is 32.1. The van der Waals surface area contributed by atoms with Crippen LogP contribution in [0.3, 0.4) is 0 Å². The normalized spacial score (nSPS) is 22.0. The predicted molar refractivity (Wildman–Crippen MR) is 136 cm³/mol. The van der Waals surface area contributed by atoms with E-state index in [1.54, 1.807) is 11.3 Å². The fourth-order valence-corrected chi connectivity index (χ4v) is 5.86. The summed E-state index contributed by atoms with van der Waals surface area (Å²) in [6.45, 7) is 4.77. The highest BCUT2D eigenvalue weighted by molar-refractivity contribution is 7.22. The van der Waals surface area contributed by atoms with Gasteiger partial charge in [-0.25, -0.2) is 4.98 Å². The minimum Gasteiger partial charge on any atom is -0.485 e. The third-order valence-electron chi connectivity index (χ3n) is 6.92. The van der Waals surface area contributed by atoms with E-state index in [2.05, 4.69) is 52.3 Å². The highest BCUT2D eigenvalue weighted by Crippen LogP contribution is 2.41. The smallest absolute Gasteiger partial charge is 0.369 e. The van der Waals surface area contributed by atoms with Crippen LogP contribution in [0.1, 0.15) is 36.8 Å². The minimum absolute atomic E-state index is 0.0994. The third kappa shape index (κ3) is 4.20. The van der Waals surface area contributed by atoms with Crippen LogP contribution in [0.2, 0.25) is 0 Å². The second-order valence-corrected chi connectivity index (χ2v) is 10.4. The molecule has 8 heteroatoms. The number of ether oxygens (including phenoxy) is 2. The molecule has 2 aliphatic heterocycles. The van der Waals surface area contributed by atoms with E-state index in [1.807, 2.05) is 6.07 Å². The van der Waals surface area contributed by atoms with Gasteiger partial charge in [-0.05, 0) is 54.4 Å². The maximum atomic E-state index is 10.3. The van der Waals surface area contributed by atoms with Crippen LogP contribution in [0.25, 0.3) is 15.1 Å². The zero-order chi connectivity index (χ0) is 23.1. The molecule has 3 aromatic rings. The summed E-state index contributed by atoms with van der Waals surface area (Å²) in [5.41, 5.74) is 5.29. The monoisotopic (exact) mass is 477 g/mol. The van der Waals surface area contributed by atoms with Crippen molar-refractivity contribution < 1.29 is 14.6 Å². The Balaban J connectivity index is 1.20. The van der Waals surface area contributed by atoms with Gasteiger partial charge in [0.05, 0.1) is 41.1 Å². The standard InChI is InChI=1S/C26H29N4O3S/c1-16-23(33-18-14-32-15-18)9-8-21-25(16)27-10-11-30(21)13-17-6-7-20-24(12-17)34-26(29-20)28-19-4-2-3-5-22(19)31/h6-9,12,18-19,22,31H,2-5,11,13-15H2,1H3,(H,28,29)/q+1/t19?,22-/m1/s1. The van der Waals surface area contributed by atoms with Crippen molar-refractivity contribution in [1.29, 1.82) is 0 Å². The molecule has 0 radical (unpaired) electrons. The Labute approximate surface area is 203 Å². The SMILES string of the molecule is Cc1c(OC2COC2)ccc2c1[N+]#CCN2Cc1ccc2nc(NC3CCCC[C@H]3O)sc2c1. The number of hydrogen-bond acceptors (Lipinski definition) is 7. The number of thiazole rings is 1. The number of hydrogen-bond donors (Lipinski definition) is 2.